The molecule has 1 aliphatic heterocycles. The van der Waals surface area contributed by atoms with Gasteiger partial charge in [-0.15, -0.1) is 0 Å². The third kappa shape index (κ3) is 4.44. The summed E-state index contributed by atoms with van der Waals surface area (Å²) in [6, 6.07) is 3.17. The number of hydrogen-bond donors (Lipinski definition) is 2. The molecule has 5 fully saturated rings. The van der Waals surface area contributed by atoms with Gasteiger partial charge in [-0.05, 0) is 79.2 Å². The van der Waals surface area contributed by atoms with Crippen molar-refractivity contribution in [3.8, 4) is 0 Å². The molecule has 5 aliphatic rings. The van der Waals surface area contributed by atoms with Crippen LogP contribution in [-0.2, 0) is 14.3 Å². The number of fused-ring (bicyclic) bond motifs is 5. The van der Waals surface area contributed by atoms with E-state index in [0.29, 0.717) is 25.4 Å². The molecule has 4 saturated carbocycles. The van der Waals surface area contributed by atoms with Gasteiger partial charge in [0.15, 0.2) is 0 Å². The third-order valence-corrected chi connectivity index (χ3v) is 12.5. The monoisotopic (exact) mass is 570 g/mol. The van der Waals surface area contributed by atoms with Gasteiger partial charge in [0.2, 0.25) is 0 Å². The Morgan fingerprint density at radius 1 is 0.976 bits per heavy atom. The van der Waals surface area contributed by atoms with E-state index in [9.17, 15) is 19.5 Å². The van der Waals surface area contributed by atoms with Crippen LogP contribution in [0.2, 0.25) is 0 Å². The molecule has 9 heteroatoms. The molecule has 1 aromatic rings. The van der Waals surface area contributed by atoms with E-state index < -0.39 is 22.7 Å². The molecule has 1 amide bonds. The molecule has 9 atom stereocenters. The second kappa shape index (κ2) is 10.1. The van der Waals surface area contributed by atoms with Gasteiger partial charge in [0.05, 0.1) is 11.9 Å². The van der Waals surface area contributed by atoms with Crippen molar-refractivity contribution in [3.63, 3.8) is 0 Å². The van der Waals surface area contributed by atoms with Crippen molar-refractivity contribution in [2.45, 2.75) is 103 Å². The normalized spacial score (nSPS) is 43.8. The molecule has 4 aliphatic carbocycles. The van der Waals surface area contributed by atoms with Crippen LogP contribution >= 0.6 is 0 Å². The highest BCUT2D eigenvalue weighted by Gasteiger charge is 2.72. The van der Waals surface area contributed by atoms with Gasteiger partial charge in [-0.2, -0.15) is 0 Å². The van der Waals surface area contributed by atoms with Crippen molar-refractivity contribution >= 4 is 12.1 Å². The zero-order valence-electron chi connectivity index (χ0n) is 24.9. The molecule has 0 aromatic carbocycles. The maximum atomic E-state index is 12.9. The predicted octanol–water partition coefficient (Wildman–Crippen LogP) is 4.22. The lowest BCUT2D eigenvalue weighted by atomic mass is 9.39. The van der Waals surface area contributed by atoms with E-state index in [-0.39, 0.29) is 40.8 Å². The molecular weight excluding hydrogens is 524 g/mol. The summed E-state index contributed by atoms with van der Waals surface area (Å²) in [4.78, 5) is 38.6. The lowest BCUT2D eigenvalue weighted by molar-refractivity contribution is -0.226. The fraction of sp³-hybridized carbons (Fsp3) is 0.781. The molecular formula is C32H46N2O7. The third-order valence-electron chi connectivity index (χ3n) is 12.5. The Morgan fingerprint density at radius 2 is 1.68 bits per heavy atom. The van der Waals surface area contributed by atoms with E-state index in [0.717, 1.165) is 63.6 Å². The number of nitrogens with one attached hydrogen (secondary N) is 1. The molecule has 6 rings (SSSR count). The highest BCUT2D eigenvalue weighted by Crippen LogP contribution is 2.73. The molecule has 2 heterocycles. The van der Waals surface area contributed by atoms with Gasteiger partial charge in [-0.3, -0.25) is 4.79 Å². The second-order valence-corrected chi connectivity index (χ2v) is 14.3. The number of hydrogen-bond acceptors (Lipinski definition) is 8. The molecule has 1 aromatic heterocycles. The maximum Gasteiger partial charge on any atom is 0.410 e. The van der Waals surface area contributed by atoms with Gasteiger partial charge in [-0.25, -0.2) is 9.59 Å². The van der Waals surface area contributed by atoms with Gasteiger partial charge in [-0.1, -0.05) is 20.8 Å². The summed E-state index contributed by atoms with van der Waals surface area (Å²) in [6.07, 6.45) is 7.34. The SMILES string of the molecule is CC(=O)OC1CC2(O)C3CCC4(C)CC(OC(=O)N5CCNCC5)CCC4(C)C3CCC2(C)C1c1ccc(=O)oc1. The quantitative estimate of drug-likeness (QED) is 0.519. The van der Waals surface area contributed by atoms with E-state index in [2.05, 4.69) is 26.1 Å². The van der Waals surface area contributed by atoms with Crippen LogP contribution in [0.4, 0.5) is 4.79 Å². The number of ether oxygens (including phenoxy) is 2. The van der Waals surface area contributed by atoms with Gasteiger partial charge in [0, 0.05) is 56.9 Å². The van der Waals surface area contributed by atoms with E-state index in [4.69, 9.17) is 13.9 Å². The number of rotatable bonds is 3. The molecule has 9 nitrogen and oxygen atoms in total. The van der Waals surface area contributed by atoms with Gasteiger partial charge in [0.25, 0.3) is 0 Å². The molecule has 226 valence electrons. The van der Waals surface area contributed by atoms with Crippen LogP contribution in [0.15, 0.2) is 27.6 Å². The lowest BCUT2D eigenvalue weighted by Crippen LogP contribution is -2.64. The van der Waals surface area contributed by atoms with Gasteiger partial charge < -0.3 is 29.2 Å². The topological polar surface area (TPSA) is 118 Å². The summed E-state index contributed by atoms with van der Waals surface area (Å²) in [5, 5.41) is 16.1. The van der Waals surface area contributed by atoms with Crippen LogP contribution in [0.3, 0.4) is 0 Å². The Hall–Kier alpha value is -2.39. The zero-order chi connectivity index (χ0) is 29.2. The summed E-state index contributed by atoms with van der Waals surface area (Å²) in [6.45, 7) is 11.3. The number of aliphatic hydroxyl groups is 1. The van der Waals surface area contributed by atoms with Crippen molar-refractivity contribution in [2.75, 3.05) is 26.2 Å². The largest absolute Gasteiger partial charge is 0.462 e. The Morgan fingerprint density at radius 3 is 2.37 bits per heavy atom. The number of amides is 1. The van der Waals surface area contributed by atoms with Crippen molar-refractivity contribution in [1.29, 1.82) is 0 Å². The minimum absolute atomic E-state index is 0.000512. The van der Waals surface area contributed by atoms with Crippen LogP contribution < -0.4 is 10.9 Å². The smallest absolute Gasteiger partial charge is 0.410 e. The van der Waals surface area contributed by atoms with Crippen molar-refractivity contribution in [1.82, 2.24) is 10.2 Å². The zero-order valence-corrected chi connectivity index (χ0v) is 24.9. The number of esters is 1. The highest BCUT2D eigenvalue weighted by molar-refractivity contribution is 5.68. The Labute approximate surface area is 242 Å². The number of piperazine rings is 1. The number of nitrogens with zero attached hydrogens (tertiary/aromatic N) is 1. The van der Waals surface area contributed by atoms with Crippen molar-refractivity contribution < 1.29 is 28.6 Å². The fourth-order valence-electron chi connectivity index (χ4n) is 10.2. The van der Waals surface area contributed by atoms with Crippen LogP contribution in [0.1, 0.15) is 90.5 Å². The fourth-order valence-corrected chi connectivity index (χ4v) is 10.2. The maximum absolute atomic E-state index is 12.9. The Bertz CT molecular complexity index is 1220. The summed E-state index contributed by atoms with van der Waals surface area (Å²) in [5.41, 5.74) is -1.18. The first-order valence-electron chi connectivity index (χ1n) is 15.5. The highest BCUT2D eigenvalue weighted by atomic mass is 16.6. The number of carbonyl (C=O) groups is 2. The van der Waals surface area contributed by atoms with Crippen molar-refractivity contribution in [2.24, 2.45) is 28.1 Å². The Kier molecular flexibility index (Phi) is 7.08. The summed E-state index contributed by atoms with van der Waals surface area (Å²) >= 11 is 0. The molecule has 2 N–H and O–H groups in total. The minimum atomic E-state index is -1.02. The first-order chi connectivity index (χ1) is 19.4. The number of carbonyl (C=O) groups excluding carboxylic acids is 2. The molecule has 0 bridgehead atoms. The van der Waals surface area contributed by atoms with Crippen LogP contribution in [-0.4, -0.2) is 66.1 Å². The first kappa shape index (κ1) is 28.7. The minimum Gasteiger partial charge on any atom is -0.462 e. The summed E-state index contributed by atoms with van der Waals surface area (Å²) in [7, 11) is 0. The summed E-state index contributed by atoms with van der Waals surface area (Å²) in [5.74, 6) is -0.243. The van der Waals surface area contributed by atoms with E-state index in [1.54, 1.807) is 6.07 Å². The van der Waals surface area contributed by atoms with Crippen molar-refractivity contribution in [3.05, 3.63) is 34.4 Å². The van der Waals surface area contributed by atoms with Gasteiger partial charge in [0.1, 0.15) is 12.2 Å². The predicted molar refractivity (Wildman–Crippen MR) is 151 cm³/mol. The average Bonchev–Trinajstić information content (AvgIpc) is 3.16. The van der Waals surface area contributed by atoms with Crippen LogP contribution in [0.5, 0.6) is 0 Å². The summed E-state index contributed by atoms with van der Waals surface area (Å²) < 4.78 is 17.2. The molecule has 0 radical (unpaired) electrons. The molecule has 9 unspecified atom stereocenters. The molecule has 41 heavy (non-hydrogen) atoms. The second-order valence-electron chi connectivity index (χ2n) is 14.3. The van der Waals surface area contributed by atoms with Gasteiger partial charge >= 0.3 is 17.7 Å². The molecule has 0 spiro atoms. The lowest BCUT2D eigenvalue weighted by Gasteiger charge is -2.67. The van der Waals surface area contributed by atoms with E-state index in [1.165, 1.54) is 19.3 Å². The standard InChI is InChI=1S/C32H46N2O7/c1-20(35)40-25-18-32(38)24-8-10-29(2)17-22(41-28(37)34-15-13-33-14-16-34)7-11-30(29,3)23(24)9-12-31(32,4)27(25)21-5-6-26(36)39-19-21/h5-6,19,22-25,27,33,38H,7-18H2,1-4H3. The van der Waals surface area contributed by atoms with E-state index >= 15 is 0 Å². The van der Waals surface area contributed by atoms with Crippen LogP contribution in [0, 0.1) is 28.1 Å². The molecule has 1 saturated heterocycles. The Balaban J connectivity index is 1.25. The first-order valence-corrected chi connectivity index (χ1v) is 15.5. The average molecular weight is 571 g/mol. The van der Waals surface area contributed by atoms with Crippen LogP contribution in [0.25, 0.3) is 0 Å². The van der Waals surface area contributed by atoms with E-state index in [1.807, 2.05) is 4.90 Å².